The SMILES string of the molecule is C[C@H](C(=O)NCc1ccncc1)N(Cc1ccc(F)cc1)C(=O)Cc1ccc(Cl)cc1. The second-order valence-corrected chi connectivity index (χ2v) is 7.64. The molecule has 7 heteroatoms. The van der Waals surface area contributed by atoms with E-state index in [0.29, 0.717) is 11.6 Å². The third kappa shape index (κ3) is 6.62. The summed E-state index contributed by atoms with van der Waals surface area (Å²) < 4.78 is 13.3. The Bertz CT molecular complexity index is 1010. The average molecular weight is 440 g/mol. The van der Waals surface area contributed by atoms with Gasteiger partial charge in [0.15, 0.2) is 0 Å². The van der Waals surface area contributed by atoms with Crippen LogP contribution in [0.25, 0.3) is 0 Å². The van der Waals surface area contributed by atoms with Gasteiger partial charge in [0.2, 0.25) is 11.8 Å². The molecule has 31 heavy (non-hydrogen) atoms. The first-order valence-corrected chi connectivity index (χ1v) is 10.2. The largest absolute Gasteiger partial charge is 0.350 e. The maximum atomic E-state index is 13.3. The summed E-state index contributed by atoms with van der Waals surface area (Å²) in [7, 11) is 0. The number of rotatable bonds is 8. The van der Waals surface area contributed by atoms with Crippen LogP contribution < -0.4 is 5.32 Å². The molecular formula is C24H23ClFN3O2. The summed E-state index contributed by atoms with van der Waals surface area (Å²) in [5, 5.41) is 3.45. The van der Waals surface area contributed by atoms with Crippen molar-refractivity contribution in [3.63, 3.8) is 0 Å². The number of carbonyl (C=O) groups is 2. The maximum absolute atomic E-state index is 13.3. The lowest BCUT2D eigenvalue weighted by atomic mass is 10.1. The molecule has 2 amide bonds. The van der Waals surface area contributed by atoms with Crippen LogP contribution in [0, 0.1) is 5.82 Å². The van der Waals surface area contributed by atoms with Gasteiger partial charge in [0.1, 0.15) is 11.9 Å². The molecule has 0 spiro atoms. The first kappa shape index (κ1) is 22.4. The highest BCUT2D eigenvalue weighted by molar-refractivity contribution is 6.30. The van der Waals surface area contributed by atoms with E-state index in [1.54, 1.807) is 55.7 Å². The van der Waals surface area contributed by atoms with E-state index in [9.17, 15) is 14.0 Å². The smallest absolute Gasteiger partial charge is 0.242 e. The highest BCUT2D eigenvalue weighted by Crippen LogP contribution is 2.15. The number of hydrogen-bond acceptors (Lipinski definition) is 3. The van der Waals surface area contributed by atoms with Crippen molar-refractivity contribution in [1.82, 2.24) is 15.2 Å². The summed E-state index contributed by atoms with van der Waals surface area (Å²) in [4.78, 5) is 31.4. The van der Waals surface area contributed by atoms with Crippen LogP contribution in [0.1, 0.15) is 23.6 Å². The monoisotopic (exact) mass is 439 g/mol. The molecule has 0 saturated heterocycles. The van der Waals surface area contributed by atoms with Crippen molar-refractivity contribution in [2.75, 3.05) is 0 Å². The molecule has 1 N–H and O–H groups in total. The topological polar surface area (TPSA) is 62.3 Å². The highest BCUT2D eigenvalue weighted by atomic mass is 35.5. The van der Waals surface area contributed by atoms with Gasteiger partial charge in [0.25, 0.3) is 0 Å². The molecule has 0 aliphatic heterocycles. The Hall–Kier alpha value is -3.25. The molecule has 160 valence electrons. The van der Waals surface area contributed by atoms with Crippen molar-refractivity contribution < 1.29 is 14.0 Å². The molecule has 3 rings (SSSR count). The minimum Gasteiger partial charge on any atom is -0.350 e. The number of benzene rings is 2. The van der Waals surface area contributed by atoms with Crippen LogP contribution in [0.2, 0.25) is 5.02 Å². The third-order valence-corrected chi connectivity index (χ3v) is 5.17. The lowest BCUT2D eigenvalue weighted by Crippen LogP contribution is -2.48. The summed E-state index contributed by atoms with van der Waals surface area (Å²) in [6.07, 6.45) is 3.43. The number of amides is 2. The number of nitrogens with one attached hydrogen (secondary N) is 1. The van der Waals surface area contributed by atoms with Crippen molar-refractivity contribution in [3.05, 3.63) is 101 Å². The predicted octanol–water partition coefficient (Wildman–Crippen LogP) is 4.15. The molecule has 0 aliphatic carbocycles. The first-order valence-electron chi connectivity index (χ1n) is 9.87. The Morgan fingerprint density at radius 3 is 2.23 bits per heavy atom. The molecule has 0 bridgehead atoms. The molecule has 0 fully saturated rings. The summed E-state index contributed by atoms with van der Waals surface area (Å²) in [5.41, 5.74) is 2.44. The van der Waals surface area contributed by atoms with Crippen LogP contribution in [-0.4, -0.2) is 27.7 Å². The Kier molecular flexibility index (Phi) is 7.73. The summed E-state index contributed by atoms with van der Waals surface area (Å²) in [6, 6.07) is 15.8. The summed E-state index contributed by atoms with van der Waals surface area (Å²) in [5.74, 6) is -0.840. The summed E-state index contributed by atoms with van der Waals surface area (Å²) in [6.45, 7) is 2.21. The molecule has 1 atom stereocenters. The van der Waals surface area contributed by atoms with E-state index in [2.05, 4.69) is 10.3 Å². The number of carbonyl (C=O) groups excluding carboxylic acids is 2. The highest BCUT2D eigenvalue weighted by Gasteiger charge is 2.26. The first-order chi connectivity index (χ1) is 14.9. The fourth-order valence-electron chi connectivity index (χ4n) is 3.09. The van der Waals surface area contributed by atoms with Crippen LogP contribution in [0.5, 0.6) is 0 Å². The zero-order chi connectivity index (χ0) is 22.2. The van der Waals surface area contributed by atoms with E-state index < -0.39 is 6.04 Å². The van der Waals surface area contributed by atoms with Gasteiger partial charge < -0.3 is 10.2 Å². The van der Waals surface area contributed by atoms with Crippen LogP contribution >= 0.6 is 11.6 Å². The van der Waals surface area contributed by atoms with Gasteiger partial charge in [-0.15, -0.1) is 0 Å². The van der Waals surface area contributed by atoms with Crippen molar-refractivity contribution in [1.29, 1.82) is 0 Å². The Balaban J connectivity index is 1.74. The van der Waals surface area contributed by atoms with E-state index in [1.165, 1.54) is 17.0 Å². The van der Waals surface area contributed by atoms with Gasteiger partial charge in [-0.2, -0.15) is 0 Å². The second-order valence-electron chi connectivity index (χ2n) is 7.20. The Labute approximate surface area is 185 Å². The van der Waals surface area contributed by atoms with Gasteiger partial charge in [-0.1, -0.05) is 35.9 Å². The Morgan fingerprint density at radius 2 is 1.58 bits per heavy atom. The standard InChI is InChI=1S/C24H23ClFN3O2/c1-17(24(31)28-15-19-10-12-27-13-11-19)29(16-20-4-8-22(26)9-5-20)23(30)14-18-2-6-21(25)7-3-18/h2-13,17H,14-16H2,1H3,(H,28,31)/t17-/m1/s1. The van der Waals surface area contributed by atoms with Gasteiger partial charge in [0, 0.05) is 30.5 Å². The van der Waals surface area contributed by atoms with Crippen molar-refractivity contribution in [2.45, 2.75) is 32.5 Å². The number of hydrogen-bond donors (Lipinski definition) is 1. The van der Waals surface area contributed by atoms with Crippen LogP contribution in [0.3, 0.4) is 0 Å². The lowest BCUT2D eigenvalue weighted by molar-refractivity contribution is -0.140. The molecule has 3 aromatic rings. The molecule has 2 aromatic carbocycles. The number of nitrogens with zero attached hydrogens (tertiary/aromatic N) is 2. The lowest BCUT2D eigenvalue weighted by Gasteiger charge is -2.29. The quantitative estimate of drug-likeness (QED) is 0.573. The molecule has 0 aliphatic rings. The van der Waals surface area contributed by atoms with E-state index in [-0.39, 0.29) is 30.6 Å². The molecule has 5 nitrogen and oxygen atoms in total. The van der Waals surface area contributed by atoms with E-state index in [0.717, 1.165) is 16.7 Å². The zero-order valence-electron chi connectivity index (χ0n) is 17.1. The van der Waals surface area contributed by atoms with Gasteiger partial charge >= 0.3 is 0 Å². The molecule has 0 saturated carbocycles. The zero-order valence-corrected chi connectivity index (χ0v) is 17.8. The van der Waals surface area contributed by atoms with Crippen molar-refractivity contribution >= 4 is 23.4 Å². The molecule has 0 unspecified atom stereocenters. The molecule has 1 heterocycles. The molecule has 1 aromatic heterocycles. The number of aromatic nitrogens is 1. The van der Waals surface area contributed by atoms with Crippen molar-refractivity contribution in [2.24, 2.45) is 0 Å². The van der Waals surface area contributed by atoms with E-state index in [1.807, 2.05) is 12.1 Å². The minimum absolute atomic E-state index is 0.125. The minimum atomic E-state index is -0.716. The van der Waals surface area contributed by atoms with Crippen molar-refractivity contribution in [3.8, 4) is 0 Å². The van der Waals surface area contributed by atoms with E-state index >= 15 is 0 Å². The van der Waals surface area contributed by atoms with Gasteiger partial charge in [-0.05, 0) is 60.0 Å². The average Bonchev–Trinajstić information content (AvgIpc) is 2.78. The predicted molar refractivity (Wildman–Crippen MR) is 118 cm³/mol. The third-order valence-electron chi connectivity index (χ3n) is 4.92. The van der Waals surface area contributed by atoms with Gasteiger partial charge in [-0.25, -0.2) is 4.39 Å². The fraction of sp³-hybridized carbons (Fsp3) is 0.208. The second kappa shape index (κ2) is 10.7. The van der Waals surface area contributed by atoms with Crippen LogP contribution in [-0.2, 0) is 29.1 Å². The van der Waals surface area contributed by atoms with Gasteiger partial charge in [0.05, 0.1) is 6.42 Å². The molecule has 0 radical (unpaired) electrons. The summed E-state index contributed by atoms with van der Waals surface area (Å²) >= 11 is 5.93. The molecular weight excluding hydrogens is 417 g/mol. The van der Waals surface area contributed by atoms with Crippen LogP contribution in [0.4, 0.5) is 4.39 Å². The normalized spacial score (nSPS) is 11.6. The number of halogens is 2. The fourth-order valence-corrected chi connectivity index (χ4v) is 3.21. The van der Waals surface area contributed by atoms with E-state index in [4.69, 9.17) is 11.6 Å². The van der Waals surface area contributed by atoms with Crippen LogP contribution in [0.15, 0.2) is 73.1 Å². The van der Waals surface area contributed by atoms with Gasteiger partial charge in [-0.3, -0.25) is 14.6 Å². The number of pyridine rings is 1. The maximum Gasteiger partial charge on any atom is 0.242 e. The Morgan fingerprint density at radius 1 is 0.968 bits per heavy atom.